The average Bonchev–Trinajstić information content (AvgIpc) is 2.86. The van der Waals surface area contributed by atoms with Gasteiger partial charge in [-0.15, -0.1) is 0 Å². The molecule has 0 radical (unpaired) electrons. The summed E-state index contributed by atoms with van der Waals surface area (Å²) in [7, 11) is 1.75. The minimum Gasteiger partial charge on any atom is -0.401 e. The van der Waals surface area contributed by atoms with Crippen LogP contribution in [0.1, 0.15) is 46.5 Å². The van der Waals surface area contributed by atoms with Gasteiger partial charge in [0.2, 0.25) is 0 Å². The Morgan fingerprint density at radius 3 is 2.57 bits per heavy atom. The number of hydrazine groups is 1. The van der Waals surface area contributed by atoms with Gasteiger partial charge in [0, 0.05) is 36.5 Å². The number of rotatable bonds is 4. The van der Waals surface area contributed by atoms with Crippen LogP contribution in [0.15, 0.2) is 11.4 Å². The van der Waals surface area contributed by atoms with E-state index in [1.54, 1.807) is 7.11 Å². The van der Waals surface area contributed by atoms with E-state index in [1.165, 1.54) is 0 Å². The van der Waals surface area contributed by atoms with Crippen LogP contribution < -0.4 is 17.3 Å². The van der Waals surface area contributed by atoms with Crippen molar-refractivity contribution in [2.24, 2.45) is 34.6 Å². The Morgan fingerprint density at radius 2 is 2.00 bits per heavy atom. The van der Waals surface area contributed by atoms with Crippen LogP contribution in [0.3, 0.4) is 0 Å². The summed E-state index contributed by atoms with van der Waals surface area (Å²) in [5.74, 6) is 7.29. The summed E-state index contributed by atoms with van der Waals surface area (Å²) in [6.07, 6.45) is 3.74. The Bertz CT molecular complexity index is 415. The summed E-state index contributed by atoms with van der Waals surface area (Å²) < 4.78 is 5.31. The van der Waals surface area contributed by atoms with Gasteiger partial charge in [-0.05, 0) is 37.0 Å². The van der Waals surface area contributed by atoms with Gasteiger partial charge in [0.1, 0.15) is 0 Å². The molecule has 2 aliphatic rings. The summed E-state index contributed by atoms with van der Waals surface area (Å²) in [4.78, 5) is 0. The molecule has 0 aromatic carbocycles. The molecule has 0 heterocycles. The SMILES string of the molecule is COC[C@@H]1[C@@H]2CC/C(N)=C(/N(N)CC(C)(C)C)CC[C@]12N. The van der Waals surface area contributed by atoms with Gasteiger partial charge in [0.05, 0.1) is 6.61 Å². The van der Waals surface area contributed by atoms with Crippen LogP contribution >= 0.6 is 0 Å². The molecule has 6 N–H and O–H groups in total. The Labute approximate surface area is 128 Å². The molecule has 0 aromatic heterocycles. The van der Waals surface area contributed by atoms with E-state index >= 15 is 0 Å². The first-order chi connectivity index (χ1) is 9.69. The first-order valence-corrected chi connectivity index (χ1v) is 7.96. The number of hydrogen-bond acceptors (Lipinski definition) is 5. The Kier molecular flexibility index (Phi) is 4.57. The monoisotopic (exact) mass is 296 g/mol. The van der Waals surface area contributed by atoms with Crippen LogP contribution in [0.5, 0.6) is 0 Å². The van der Waals surface area contributed by atoms with Gasteiger partial charge >= 0.3 is 0 Å². The van der Waals surface area contributed by atoms with Crippen molar-refractivity contribution in [3.8, 4) is 0 Å². The van der Waals surface area contributed by atoms with Crippen molar-refractivity contribution in [2.75, 3.05) is 20.3 Å². The Balaban J connectivity index is 2.06. The number of ether oxygens (including phenoxy) is 1. The van der Waals surface area contributed by atoms with Gasteiger partial charge in [-0.1, -0.05) is 20.8 Å². The lowest BCUT2D eigenvalue weighted by atomic mass is 9.94. The van der Waals surface area contributed by atoms with E-state index < -0.39 is 0 Å². The predicted molar refractivity (Wildman–Crippen MR) is 85.8 cm³/mol. The van der Waals surface area contributed by atoms with Gasteiger partial charge in [-0.25, -0.2) is 5.84 Å². The van der Waals surface area contributed by atoms with E-state index in [1.807, 2.05) is 5.01 Å². The summed E-state index contributed by atoms with van der Waals surface area (Å²) >= 11 is 0. The van der Waals surface area contributed by atoms with E-state index in [9.17, 15) is 0 Å². The average molecular weight is 296 g/mol. The van der Waals surface area contributed by atoms with Gasteiger partial charge in [-0.2, -0.15) is 0 Å². The number of hydrogen-bond donors (Lipinski definition) is 3. The molecule has 0 amide bonds. The summed E-state index contributed by atoms with van der Waals surface area (Å²) in [5, 5.41) is 1.84. The van der Waals surface area contributed by atoms with Crippen LogP contribution in [0.2, 0.25) is 0 Å². The first-order valence-electron chi connectivity index (χ1n) is 7.96. The van der Waals surface area contributed by atoms with Gasteiger partial charge < -0.3 is 21.2 Å². The molecular formula is C16H32N4O. The fraction of sp³-hybridized carbons (Fsp3) is 0.875. The zero-order valence-electron chi connectivity index (χ0n) is 14.0. The van der Waals surface area contributed by atoms with E-state index in [2.05, 4.69) is 20.8 Å². The molecule has 122 valence electrons. The Morgan fingerprint density at radius 1 is 1.33 bits per heavy atom. The van der Waals surface area contributed by atoms with Crippen molar-refractivity contribution in [3.05, 3.63) is 11.4 Å². The number of nitrogens with two attached hydrogens (primary N) is 3. The molecule has 0 bridgehead atoms. The highest BCUT2D eigenvalue weighted by atomic mass is 16.5. The predicted octanol–water partition coefficient (Wildman–Crippen LogP) is 1.54. The van der Waals surface area contributed by atoms with E-state index in [0.717, 1.165) is 50.2 Å². The topological polar surface area (TPSA) is 90.5 Å². The summed E-state index contributed by atoms with van der Waals surface area (Å²) in [6, 6.07) is 0. The lowest BCUT2D eigenvalue weighted by molar-refractivity contribution is 0.174. The van der Waals surface area contributed by atoms with Gasteiger partial charge in [-0.3, -0.25) is 0 Å². The molecule has 1 saturated carbocycles. The van der Waals surface area contributed by atoms with Crippen LogP contribution in [-0.2, 0) is 4.74 Å². The highest BCUT2D eigenvalue weighted by Crippen LogP contribution is 2.55. The van der Waals surface area contributed by atoms with E-state index in [-0.39, 0.29) is 11.0 Å². The van der Waals surface area contributed by atoms with Crippen molar-refractivity contribution >= 4 is 0 Å². The fourth-order valence-electron chi connectivity index (χ4n) is 3.81. The third kappa shape index (κ3) is 3.52. The molecule has 3 atom stereocenters. The second kappa shape index (κ2) is 5.78. The number of fused-ring (bicyclic) bond motifs is 1. The zero-order chi connectivity index (χ0) is 15.8. The summed E-state index contributed by atoms with van der Waals surface area (Å²) in [5.41, 5.74) is 15.0. The zero-order valence-corrected chi connectivity index (χ0v) is 14.0. The van der Waals surface area contributed by atoms with Crippen LogP contribution in [0.4, 0.5) is 0 Å². The molecule has 0 aromatic rings. The minimum atomic E-state index is -0.0788. The molecule has 0 spiro atoms. The maximum absolute atomic E-state index is 6.58. The van der Waals surface area contributed by atoms with Crippen molar-refractivity contribution in [3.63, 3.8) is 0 Å². The third-order valence-electron chi connectivity index (χ3n) is 4.99. The maximum Gasteiger partial charge on any atom is 0.0511 e. The molecule has 2 rings (SSSR count). The second-order valence-electron chi connectivity index (χ2n) is 7.98. The summed E-state index contributed by atoms with van der Waals surface area (Å²) in [6.45, 7) is 8.10. The lowest BCUT2D eigenvalue weighted by Crippen LogP contribution is -2.40. The van der Waals surface area contributed by atoms with Gasteiger partial charge in [0.15, 0.2) is 0 Å². The Hall–Kier alpha value is -0.780. The quantitative estimate of drug-likeness (QED) is 0.541. The van der Waals surface area contributed by atoms with Crippen LogP contribution in [-0.4, -0.2) is 30.8 Å². The fourth-order valence-corrected chi connectivity index (χ4v) is 3.81. The van der Waals surface area contributed by atoms with Crippen molar-refractivity contribution in [2.45, 2.75) is 52.0 Å². The highest BCUT2D eigenvalue weighted by Gasteiger charge is 2.61. The number of methoxy groups -OCH3 is 1. The molecule has 2 aliphatic carbocycles. The minimum absolute atomic E-state index is 0.0788. The molecule has 0 unspecified atom stereocenters. The standard InChI is InChI=1S/C16H32N4O/c1-15(2,3)10-20(19)14-7-8-16(18)11(5-6-13(14)17)12(16)9-21-4/h11-12H,5-10,17-19H2,1-4H3/b14-13-/t11-,12+,16+/m0/s1. The number of allylic oxidation sites excluding steroid dienone is 2. The largest absolute Gasteiger partial charge is 0.401 e. The molecule has 5 nitrogen and oxygen atoms in total. The number of nitrogens with zero attached hydrogens (tertiary/aromatic N) is 1. The molecule has 0 saturated heterocycles. The van der Waals surface area contributed by atoms with Crippen molar-refractivity contribution < 1.29 is 4.74 Å². The smallest absolute Gasteiger partial charge is 0.0511 e. The molecule has 0 aliphatic heterocycles. The van der Waals surface area contributed by atoms with Crippen LogP contribution in [0, 0.1) is 17.3 Å². The van der Waals surface area contributed by atoms with E-state index in [0.29, 0.717) is 11.8 Å². The lowest BCUT2D eigenvalue weighted by Gasteiger charge is -2.32. The first kappa shape index (κ1) is 16.6. The van der Waals surface area contributed by atoms with Crippen molar-refractivity contribution in [1.29, 1.82) is 0 Å². The van der Waals surface area contributed by atoms with E-state index in [4.69, 9.17) is 22.0 Å². The molecule has 21 heavy (non-hydrogen) atoms. The maximum atomic E-state index is 6.58. The highest BCUT2D eigenvalue weighted by molar-refractivity contribution is 5.22. The third-order valence-corrected chi connectivity index (χ3v) is 4.99. The second-order valence-corrected chi connectivity index (χ2v) is 7.98. The molecule has 5 heteroatoms. The van der Waals surface area contributed by atoms with Crippen LogP contribution in [0.25, 0.3) is 0 Å². The normalized spacial score (nSPS) is 36.7. The van der Waals surface area contributed by atoms with Gasteiger partial charge in [0.25, 0.3) is 0 Å². The van der Waals surface area contributed by atoms with Crippen molar-refractivity contribution in [1.82, 2.24) is 5.01 Å². The molecule has 1 fully saturated rings. The molecular weight excluding hydrogens is 264 g/mol.